The average Bonchev–Trinajstić information content (AvgIpc) is 3.00. The summed E-state index contributed by atoms with van der Waals surface area (Å²) in [4.78, 5) is 28.7. The molecule has 1 amide bonds. The van der Waals surface area contributed by atoms with Gasteiger partial charge in [0.15, 0.2) is 6.61 Å². The maximum Gasteiger partial charge on any atom is 0.326 e. The van der Waals surface area contributed by atoms with E-state index in [1.165, 1.54) is 18.4 Å². The van der Waals surface area contributed by atoms with Crippen molar-refractivity contribution in [1.29, 1.82) is 0 Å². The monoisotopic (exact) mass is 474 g/mol. The van der Waals surface area contributed by atoms with Gasteiger partial charge in [-0.05, 0) is 98.9 Å². The molecule has 4 rings (SSSR count). The molecule has 0 aromatic heterocycles. The molecule has 0 aromatic carbocycles. The Hall–Kier alpha value is -1.89. The predicted molar refractivity (Wildman–Crippen MR) is 130 cm³/mol. The Labute approximate surface area is 203 Å². The van der Waals surface area contributed by atoms with Gasteiger partial charge in [0.25, 0.3) is 5.91 Å². The third-order valence-corrected chi connectivity index (χ3v) is 10.2. The second-order valence-corrected chi connectivity index (χ2v) is 12.3. The average molecular weight is 475 g/mol. The number of amides is 1. The van der Waals surface area contributed by atoms with E-state index in [2.05, 4.69) is 37.3 Å². The molecule has 3 N–H and O–H groups in total. The van der Waals surface area contributed by atoms with Crippen molar-refractivity contribution in [3.63, 3.8) is 0 Å². The first-order valence-electron chi connectivity index (χ1n) is 13.0. The molecule has 4 aliphatic carbocycles. The highest BCUT2D eigenvalue weighted by Crippen LogP contribution is 2.67. The molecular weight excluding hydrogens is 432 g/mol. The van der Waals surface area contributed by atoms with E-state index >= 15 is 0 Å². The van der Waals surface area contributed by atoms with Gasteiger partial charge in [-0.3, -0.25) is 4.79 Å². The fourth-order valence-corrected chi connectivity index (χ4v) is 7.79. The van der Waals surface area contributed by atoms with Gasteiger partial charge in [0.1, 0.15) is 6.04 Å². The SMILES string of the molecule is CC(C)[C@H](NC(=O)CO/N=C1\C=C2CC[C@H]3[C@H]4CC[C@](C)(O)[C@@]4(C)CC[C@@H]3[C@@]2(C)CC1)C(=O)O. The van der Waals surface area contributed by atoms with Crippen molar-refractivity contribution in [1.82, 2.24) is 5.32 Å². The molecule has 7 atom stereocenters. The number of aliphatic carboxylic acids is 1. The number of hydrogen-bond acceptors (Lipinski definition) is 5. The summed E-state index contributed by atoms with van der Waals surface area (Å²) in [5.74, 6) is 0.199. The van der Waals surface area contributed by atoms with Crippen LogP contribution in [0.3, 0.4) is 0 Å². The van der Waals surface area contributed by atoms with Crippen LogP contribution in [0.1, 0.15) is 86.0 Å². The number of carbonyl (C=O) groups is 2. The Morgan fingerprint density at radius 2 is 1.82 bits per heavy atom. The van der Waals surface area contributed by atoms with Gasteiger partial charge < -0.3 is 20.4 Å². The van der Waals surface area contributed by atoms with Crippen molar-refractivity contribution in [2.24, 2.45) is 39.7 Å². The lowest BCUT2D eigenvalue weighted by molar-refractivity contribution is -0.143. The highest BCUT2D eigenvalue weighted by Gasteiger charge is 2.62. The smallest absolute Gasteiger partial charge is 0.326 e. The fourth-order valence-electron chi connectivity index (χ4n) is 7.79. The van der Waals surface area contributed by atoms with Gasteiger partial charge in [-0.1, -0.05) is 38.4 Å². The minimum absolute atomic E-state index is 0.0384. The molecule has 3 fully saturated rings. The van der Waals surface area contributed by atoms with E-state index in [0.29, 0.717) is 17.8 Å². The number of carboxylic acids is 1. The Morgan fingerprint density at radius 3 is 2.50 bits per heavy atom. The minimum Gasteiger partial charge on any atom is -0.480 e. The molecule has 0 saturated heterocycles. The highest BCUT2D eigenvalue weighted by molar-refractivity contribution is 5.96. The van der Waals surface area contributed by atoms with Crippen molar-refractivity contribution in [2.75, 3.05) is 6.61 Å². The van der Waals surface area contributed by atoms with Crippen molar-refractivity contribution in [2.45, 2.75) is 97.6 Å². The van der Waals surface area contributed by atoms with Crippen molar-refractivity contribution in [3.8, 4) is 0 Å². The highest BCUT2D eigenvalue weighted by atomic mass is 16.6. The number of hydrogen-bond donors (Lipinski definition) is 3. The van der Waals surface area contributed by atoms with Gasteiger partial charge in [0.05, 0.1) is 11.3 Å². The zero-order chi connectivity index (χ0) is 24.9. The minimum atomic E-state index is -1.05. The van der Waals surface area contributed by atoms with E-state index < -0.39 is 23.5 Å². The Balaban J connectivity index is 1.40. The zero-order valence-corrected chi connectivity index (χ0v) is 21.4. The largest absolute Gasteiger partial charge is 0.480 e. The van der Waals surface area contributed by atoms with Crippen LogP contribution in [-0.4, -0.2) is 46.1 Å². The number of rotatable bonds is 6. The van der Waals surface area contributed by atoms with Crippen LogP contribution in [0.2, 0.25) is 0 Å². The van der Waals surface area contributed by atoms with Crippen LogP contribution in [0.4, 0.5) is 0 Å². The molecule has 7 heteroatoms. The van der Waals surface area contributed by atoms with E-state index in [1.807, 2.05) is 0 Å². The second-order valence-electron chi connectivity index (χ2n) is 12.3. The number of oxime groups is 1. The lowest BCUT2D eigenvalue weighted by Gasteiger charge is -2.59. The molecule has 0 radical (unpaired) electrons. The molecule has 0 spiro atoms. The number of fused-ring (bicyclic) bond motifs is 5. The van der Waals surface area contributed by atoms with Gasteiger partial charge in [0, 0.05) is 0 Å². The summed E-state index contributed by atoms with van der Waals surface area (Å²) in [5, 5.41) is 27.0. The molecule has 0 aliphatic heterocycles. The molecule has 7 nitrogen and oxygen atoms in total. The summed E-state index contributed by atoms with van der Waals surface area (Å²) in [5.41, 5.74) is 1.97. The summed E-state index contributed by atoms with van der Waals surface area (Å²) in [6.07, 6.45) is 10.6. The molecule has 0 aromatic rings. The molecule has 3 saturated carbocycles. The summed E-state index contributed by atoms with van der Waals surface area (Å²) >= 11 is 0. The molecule has 0 heterocycles. The van der Waals surface area contributed by atoms with Crippen LogP contribution >= 0.6 is 0 Å². The summed E-state index contributed by atoms with van der Waals surface area (Å²) in [6.45, 7) is 10.0. The van der Waals surface area contributed by atoms with Crippen molar-refractivity contribution < 1.29 is 24.6 Å². The third kappa shape index (κ3) is 4.18. The van der Waals surface area contributed by atoms with Crippen LogP contribution in [0.5, 0.6) is 0 Å². The maximum atomic E-state index is 12.1. The number of nitrogens with one attached hydrogen (secondary N) is 1. The second kappa shape index (κ2) is 8.96. The lowest BCUT2D eigenvalue weighted by atomic mass is 9.46. The first kappa shape index (κ1) is 25.2. The summed E-state index contributed by atoms with van der Waals surface area (Å²) < 4.78 is 0. The van der Waals surface area contributed by atoms with E-state index in [4.69, 9.17) is 4.84 Å². The van der Waals surface area contributed by atoms with Crippen LogP contribution in [0, 0.1) is 34.5 Å². The normalized spacial score (nSPS) is 41.2. The van der Waals surface area contributed by atoms with Crippen molar-refractivity contribution in [3.05, 3.63) is 11.6 Å². The molecule has 190 valence electrons. The van der Waals surface area contributed by atoms with E-state index in [-0.39, 0.29) is 23.4 Å². The third-order valence-electron chi connectivity index (χ3n) is 10.2. The first-order chi connectivity index (χ1) is 15.9. The van der Waals surface area contributed by atoms with Gasteiger partial charge in [-0.2, -0.15) is 0 Å². The standard InChI is InChI=1S/C27H42N2O5/c1-16(2)23(24(31)32)28-22(30)15-34-29-18-8-11-25(3)17(14-18)6-7-19-20(25)9-12-26(4)21(19)10-13-27(26,5)33/h14,16,19-21,23,33H,6-13,15H2,1-5H3,(H,28,30)(H,31,32)/b29-18-/t19-,20+,21-,23+,25+,26+,27+/m1/s1. The molecule has 4 aliphatic rings. The van der Waals surface area contributed by atoms with Gasteiger partial charge in [-0.15, -0.1) is 0 Å². The molecular formula is C27H42N2O5. The number of carboxylic acid groups (broad SMARTS) is 1. The molecule has 34 heavy (non-hydrogen) atoms. The number of carbonyl (C=O) groups excluding carboxylic acids is 1. The Kier molecular flexibility index (Phi) is 6.64. The first-order valence-corrected chi connectivity index (χ1v) is 13.0. The predicted octanol–water partition coefficient (Wildman–Crippen LogP) is 4.30. The number of nitrogens with zero attached hydrogens (tertiary/aromatic N) is 1. The van der Waals surface area contributed by atoms with Crippen molar-refractivity contribution >= 4 is 17.6 Å². The lowest BCUT2D eigenvalue weighted by Crippen LogP contribution is -2.53. The van der Waals surface area contributed by atoms with Crippen LogP contribution < -0.4 is 5.32 Å². The number of aliphatic hydroxyl groups is 1. The fraction of sp³-hybridized carbons (Fsp3) is 0.815. The van der Waals surface area contributed by atoms with E-state index in [0.717, 1.165) is 44.2 Å². The number of allylic oxidation sites excluding steroid dienone is 2. The zero-order valence-electron chi connectivity index (χ0n) is 21.4. The van der Waals surface area contributed by atoms with Crippen LogP contribution in [0.25, 0.3) is 0 Å². The van der Waals surface area contributed by atoms with Gasteiger partial charge >= 0.3 is 5.97 Å². The van der Waals surface area contributed by atoms with Crippen LogP contribution in [-0.2, 0) is 14.4 Å². The quantitative estimate of drug-likeness (QED) is 0.498. The Bertz CT molecular complexity index is 893. The van der Waals surface area contributed by atoms with Crippen LogP contribution in [0.15, 0.2) is 16.8 Å². The summed E-state index contributed by atoms with van der Waals surface area (Å²) in [7, 11) is 0. The van der Waals surface area contributed by atoms with E-state index in [1.54, 1.807) is 13.8 Å². The topological polar surface area (TPSA) is 108 Å². The molecule has 0 unspecified atom stereocenters. The summed E-state index contributed by atoms with van der Waals surface area (Å²) in [6, 6.07) is -0.933. The molecule has 0 bridgehead atoms. The maximum absolute atomic E-state index is 12.1. The van der Waals surface area contributed by atoms with Gasteiger partial charge in [-0.25, -0.2) is 4.79 Å². The van der Waals surface area contributed by atoms with E-state index in [9.17, 15) is 19.8 Å². The van der Waals surface area contributed by atoms with Gasteiger partial charge in [0.2, 0.25) is 0 Å². The Morgan fingerprint density at radius 1 is 1.12 bits per heavy atom.